The van der Waals surface area contributed by atoms with Crippen molar-refractivity contribution in [3.63, 3.8) is 0 Å². The summed E-state index contributed by atoms with van der Waals surface area (Å²) in [5, 5.41) is 3.08. The van der Waals surface area contributed by atoms with Crippen LogP contribution in [-0.4, -0.2) is 30.1 Å². The molecule has 1 amide bonds. The van der Waals surface area contributed by atoms with Crippen LogP contribution in [0.1, 0.15) is 17.3 Å². The molecule has 4 aromatic rings. The van der Waals surface area contributed by atoms with E-state index < -0.39 is 17.7 Å². The molecule has 1 heterocycles. The van der Waals surface area contributed by atoms with Crippen molar-refractivity contribution in [1.29, 1.82) is 0 Å². The van der Waals surface area contributed by atoms with Crippen molar-refractivity contribution in [2.24, 2.45) is 0 Å². The van der Waals surface area contributed by atoms with Crippen LogP contribution in [-0.2, 0) is 9.53 Å². The van der Waals surface area contributed by atoms with Crippen molar-refractivity contribution in [2.45, 2.75) is 6.92 Å². The fourth-order valence-corrected chi connectivity index (χ4v) is 3.51. The van der Waals surface area contributed by atoms with Crippen LogP contribution in [0, 0.1) is 5.82 Å². The zero-order chi connectivity index (χ0) is 24.1. The first kappa shape index (κ1) is 23.2. The van der Waals surface area contributed by atoms with Crippen molar-refractivity contribution in [1.82, 2.24) is 4.98 Å². The average Bonchev–Trinajstić information content (AvgIpc) is 2.85. The molecule has 0 radical (unpaired) electrons. The van der Waals surface area contributed by atoms with Crippen molar-refractivity contribution < 1.29 is 23.5 Å². The Balaban J connectivity index is 1.64. The summed E-state index contributed by atoms with van der Waals surface area (Å²) in [5.41, 5.74) is 2.80. The van der Waals surface area contributed by atoms with E-state index >= 15 is 0 Å². The van der Waals surface area contributed by atoms with Crippen LogP contribution < -0.4 is 10.1 Å². The number of rotatable bonds is 7. The van der Waals surface area contributed by atoms with Gasteiger partial charge in [-0.2, -0.15) is 0 Å². The Kier molecular flexibility index (Phi) is 7.04. The summed E-state index contributed by atoms with van der Waals surface area (Å²) < 4.78 is 24.3. The Morgan fingerprint density at radius 1 is 1.03 bits per heavy atom. The van der Waals surface area contributed by atoms with E-state index in [9.17, 15) is 14.0 Å². The molecule has 0 fully saturated rings. The smallest absolute Gasteiger partial charge is 0.338 e. The maximum absolute atomic E-state index is 13.4. The Morgan fingerprint density at radius 2 is 1.82 bits per heavy atom. The Morgan fingerprint density at radius 3 is 2.56 bits per heavy atom. The summed E-state index contributed by atoms with van der Waals surface area (Å²) in [5.74, 6) is -1.13. The van der Waals surface area contributed by atoms with Gasteiger partial charge in [0.2, 0.25) is 0 Å². The predicted octanol–water partition coefficient (Wildman–Crippen LogP) is 5.89. The second kappa shape index (κ2) is 10.3. The first-order chi connectivity index (χ1) is 16.4. The van der Waals surface area contributed by atoms with Gasteiger partial charge in [-0.3, -0.25) is 4.79 Å². The monoisotopic (exact) mass is 478 g/mol. The van der Waals surface area contributed by atoms with Gasteiger partial charge in [0.05, 0.1) is 28.4 Å². The van der Waals surface area contributed by atoms with E-state index in [2.05, 4.69) is 10.3 Å². The largest absolute Gasteiger partial charge is 0.483 e. The van der Waals surface area contributed by atoms with Crippen molar-refractivity contribution in [3.05, 3.63) is 89.2 Å². The highest BCUT2D eigenvalue weighted by molar-refractivity contribution is 6.31. The lowest BCUT2D eigenvalue weighted by Gasteiger charge is -2.13. The summed E-state index contributed by atoms with van der Waals surface area (Å²) >= 11 is 5.77. The van der Waals surface area contributed by atoms with Crippen molar-refractivity contribution in [2.75, 3.05) is 18.5 Å². The average molecular weight is 479 g/mol. The number of carbonyl (C=O) groups excluding carboxylic acids is 2. The lowest BCUT2D eigenvalue weighted by atomic mass is 10.1. The quantitative estimate of drug-likeness (QED) is 0.335. The number of fused-ring (bicyclic) bond motifs is 1. The van der Waals surface area contributed by atoms with E-state index in [-0.39, 0.29) is 18.2 Å². The first-order valence-corrected chi connectivity index (χ1v) is 10.9. The van der Waals surface area contributed by atoms with Crippen LogP contribution in [0.15, 0.2) is 72.8 Å². The highest BCUT2D eigenvalue weighted by atomic mass is 35.5. The molecule has 0 saturated carbocycles. The second-order valence-corrected chi connectivity index (χ2v) is 7.70. The molecule has 1 N–H and O–H groups in total. The SMILES string of the molecule is CCOC(=O)c1ccc2nc(-c3ccccc3)cc(OCC(=O)Nc3ccc(F)c(Cl)c3)c2c1. The molecule has 1 aromatic heterocycles. The number of carbonyl (C=O) groups is 2. The van der Waals surface area contributed by atoms with Crippen molar-refractivity contribution in [3.8, 4) is 17.0 Å². The van der Waals surface area contributed by atoms with Gasteiger partial charge >= 0.3 is 5.97 Å². The predicted molar refractivity (Wildman–Crippen MR) is 129 cm³/mol. The summed E-state index contributed by atoms with van der Waals surface area (Å²) in [6.45, 7) is 1.65. The maximum atomic E-state index is 13.4. The number of anilines is 1. The molecule has 0 saturated heterocycles. The van der Waals surface area contributed by atoms with Gasteiger partial charge in [-0.1, -0.05) is 41.9 Å². The number of nitrogens with zero attached hydrogens (tertiary/aromatic N) is 1. The molecule has 4 rings (SSSR count). The highest BCUT2D eigenvalue weighted by Crippen LogP contribution is 2.31. The van der Waals surface area contributed by atoms with E-state index in [1.165, 1.54) is 12.1 Å². The number of halogens is 2. The highest BCUT2D eigenvalue weighted by Gasteiger charge is 2.15. The van der Waals surface area contributed by atoms with Gasteiger partial charge in [-0.15, -0.1) is 0 Å². The van der Waals surface area contributed by atoms with E-state index in [1.807, 2.05) is 30.3 Å². The fraction of sp³-hybridized carbons (Fsp3) is 0.115. The molecule has 172 valence electrons. The van der Waals surface area contributed by atoms with E-state index in [0.717, 1.165) is 11.6 Å². The minimum Gasteiger partial charge on any atom is -0.483 e. The van der Waals surface area contributed by atoms with E-state index in [1.54, 1.807) is 31.2 Å². The third kappa shape index (κ3) is 5.32. The number of benzene rings is 3. The molecule has 6 nitrogen and oxygen atoms in total. The standard InChI is InChI=1S/C26H20ClFN2O4/c1-2-33-26(32)17-8-11-22-19(12-17)24(14-23(30-22)16-6-4-3-5-7-16)34-15-25(31)29-18-9-10-21(28)20(27)13-18/h3-14H,2,15H2,1H3,(H,29,31). The normalized spacial score (nSPS) is 10.7. The molecule has 8 heteroatoms. The maximum Gasteiger partial charge on any atom is 0.338 e. The molecule has 0 aliphatic rings. The third-order valence-electron chi connectivity index (χ3n) is 4.91. The lowest BCUT2D eigenvalue weighted by molar-refractivity contribution is -0.118. The molecule has 0 atom stereocenters. The third-order valence-corrected chi connectivity index (χ3v) is 5.20. The number of hydrogen-bond acceptors (Lipinski definition) is 5. The van der Waals surface area contributed by atoms with Crippen LogP contribution in [0.3, 0.4) is 0 Å². The van der Waals surface area contributed by atoms with Gasteiger partial charge in [0.1, 0.15) is 11.6 Å². The second-order valence-electron chi connectivity index (χ2n) is 7.29. The van der Waals surface area contributed by atoms with E-state index in [4.69, 9.17) is 21.1 Å². The van der Waals surface area contributed by atoms with Crippen LogP contribution in [0.25, 0.3) is 22.2 Å². The van der Waals surface area contributed by atoms with Gasteiger partial charge in [0.15, 0.2) is 6.61 Å². The van der Waals surface area contributed by atoms with Gasteiger partial charge in [-0.25, -0.2) is 14.2 Å². The summed E-state index contributed by atoms with van der Waals surface area (Å²) in [6, 6.07) is 20.1. The molecule has 0 spiro atoms. The summed E-state index contributed by atoms with van der Waals surface area (Å²) in [7, 11) is 0. The summed E-state index contributed by atoms with van der Waals surface area (Å²) in [6.07, 6.45) is 0. The minimum atomic E-state index is -0.579. The minimum absolute atomic E-state index is 0.0992. The van der Waals surface area contributed by atoms with E-state index in [0.29, 0.717) is 33.6 Å². The zero-order valence-corrected chi connectivity index (χ0v) is 18.9. The number of ether oxygens (including phenoxy) is 2. The van der Waals surface area contributed by atoms with Gasteiger partial charge in [0.25, 0.3) is 5.91 Å². The van der Waals surface area contributed by atoms with Crippen LogP contribution in [0.4, 0.5) is 10.1 Å². The molecule has 0 bridgehead atoms. The van der Waals surface area contributed by atoms with Crippen LogP contribution in [0.2, 0.25) is 5.02 Å². The van der Waals surface area contributed by atoms with Crippen LogP contribution in [0.5, 0.6) is 5.75 Å². The number of hydrogen-bond donors (Lipinski definition) is 1. The number of nitrogens with one attached hydrogen (secondary N) is 1. The zero-order valence-electron chi connectivity index (χ0n) is 18.2. The number of amides is 1. The molecule has 0 unspecified atom stereocenters. The van der Waals surface area contributed by atoms with Crippen LogP contribution >= 0.6 is 11.6 Å². The Hall–Kier alpha value is -3.97. The number of pyridine rings is 1. The van der Waals surface area contributed by atoms with Gasteiger partial charge in [0, 0.05) is 22.7 Å². The molecular weight excluding hydrogens is 459 g/mol. The number of esters is 1. The van der Waals surface area contributed by atoms with Crippen molar-refractivity contribution >= 4 is 40.1 Å². The van der Waals surface area contributed by atoms with Gasteiger partial charge < -0.3 is 14.8 Å². The number of aromatic nitrogens is 1. The molecule has 3 aromatic carbocycles. The topological polar surface area (TPSA) is 77.5 Å². The van der Waals surface area contributed by atoms with Gasteiger partial charge in [-0.05, 0) is 43.3 Å². The molecule has 0 aliphatic heterocycles. The lowest BCUT2D eigenvalue weighted by Crippen LogP contribution is -2.20. The summed E-state index contributed by atoms with van der Waals surface area (Å²) in [4.78, 5) is 29.4. The molecular formula is C26H20ClFN2O4. The molecule has 34 heavy (non-hydrogen) atoms. The Labute approximate surface area is 200 Å². The first-order valence-electron chi connectivity index (χ1n) is 10.5. The Bertz CT molecular complexity index is 1360. The fourth-order valence-electron chi connectivity index (χ4n) is 3.33. The molecule has 0 aliphatic carbocycles.